The van der Waals surface area contributed by atoms with Gasteiger partial charge in [-0.3, -0.25) is 0 Å². The molecule has 0 amide bonds. The zero-order valence-corrected chi connectivity index (χ0v) is 15.4. The minimum atomic E-state index is -4.67. The van der Waals surface area contributed by atoms with Gasteiger partial charge in [0.2, 0.25) is 0 Å². The number of esters is 2. The third kappa shape index (κ3) is 4.28. The second-order valence-electron chi connectivity index (χ2n) is 5.10. The quantitative estimate of drug-likeness (QED) is 0.672. The van der Waals surface area contributed by atoms with Gasteiger partial charge in [-0.15, -0.1) is 0 Å². The van der Waals surface area contributed by atoms with Gasteiger partial charge < -0.3 is 14.4 Å². The molecule has 0 radical (unpaired) electrons. The van der Waals surface area contributed by atoms with Crippen LogP contribution in [0.25, 0.3) is 0 Å². The zero-order valence-electron chi connectivity index (χ0n) is 13.9. The summed E-state index contributed by atoms with van der Waals surface area (Å²) in [5, 5.41) is -0.765. The number of nitrogens with zero attached hydrogens (tertiary/aromatic N) is 1. The first-order valence-electron chi connectivity index (χ1n) is 7.23. The number of benzene rings is 1. The lowest BCUT2D eigenvalue weighted by Crippen LogP contribution is -2.27. The van der Waals surface area contributed by atoms with Gasteiger partial charge >= 0.3 is 18.1 Å². The van der Waals surface area contributed by atoms with Crippen molar-refractivity contribution in [3.8, 4) is 0 Å². The largest absolute Gasteiger partial charge is 0.465 e. The number of hydrogen-bond acceptors (Lipinski definition) is 5. The molecule has 1 aromatic carbocycles. The summed E-state index contributed by atoms with van der Waals surface area (Å²) in [6.07, 6.45) is 0.796. The molecule has 0 spiro atoms. The highest BCUT2D eigenvalue weighted by Gasteiger charge is 2.34. The zero-order chi connectivity index (χ0) is 20.4. The Morgan fingerprint density at radius 1 is 1.00 bits per heavy atom. The number of halogens is 5. The smallest absolute Gasteiger partial charge is 0.416 e. The maximum atomic E-state index is 13.0. The molecule has 144 valence electrons. The van der Waals surface area contributed by atoms with Crippen molar-refractivity contribution in [1.82, 2.24) is 0 Å². The van der Waals surface area contributed by atoms with Crippen molar-refractivity contribution in [2.45, 2.75) is 6.18 Å². The van der Waals surface area contributed by atoms with Gasteiger partial charge in [-0.05, 0) is 24.3 Å². The lowest BCUT2D eigenvalue weighted by molar-refractivity contribution is -0.139. The van der Waals surface area contributed by atoms with Crippen molar-refractivity contribution in [2.24, 2.45) is 0 Å². The summed E-state index contributed by atoms with van der Waals surface area (Å²) in [5.41, 5.74) is -1.71. The van der Waals surface area contributed by atoms with E-state index >= 15 is 0 Å². The molecule has 0 atom stereocenters. The molecule has 0 saturated heterocycles. The predicted molar refractivity (Wildman–Crippen MR) is 93.3 cm³/mol. The van der Waals surface area contributed by atoms with E-state index in [1.807, 2.05) is 0 Å². The second-order valence-corrected chi connectivity index (χ2v) is 5.92. The van der Waals surface area contributed by atoms with E-state index in [9.17, 15) is 22.8 Å². The average Bonchev–Trinajstić information content (AvgIpc) is 2.82. The van der Waals surface area contributed by atoms with Crippen LogP contribution in [0.4, 0.5) is 18.9 Å². The number of carbonyl (C=O) groups is 2. The van der Waals surface area contributed by atoms with Crippen LogP contribution in [0.1, 0.15) is 5.56 Å². The van der Waals surface area contributed by atoms with Crippen molar-refractivity contribution in [3.63, 3.8) is 0 Å². The van der Waals surface area contributed by atoms with Crippen molar-refractivity contribution in [1.29, 1.82) is 0 Å². The third-order valence-electron chi connectivity index (χ3n) is 3.47. The van der Waals surface area contributed by atoms with E-state index in [1.165, 1.54) is 24.4 Å². The minimum absolute atomic E-state index is 0.131. The summed E-state index contributed by atoms with van der Waals surface area (Å²) in [4.78, 5) is 25.5. The Balaban J connectivity index is 2.75. The van der Waals surface area contributed by atoms with Crippen LogP contribution < -0.4 is 4.90 Å². The molecule has 0 fully saturated rings. The highest BCUT2D eigenvalue weighted by atomic mass is 35.5. The van der Waals surface area contributed by atoms with Gasteiger partial charge in [0, 0.05) is 6.20 Å². The van der Waals surface area contributed by atoms with E-state index < -0.39 is 23.7 Å². The lowest BCUT2D eigenvalue weighted by atomic mass is 10.1. The number of alkyl halides is 3. The second kappa shape index (κ2) is 8.06. The predicted octanol–water partition coefficient (Wildman–Crippen LogP) is 4.50. The van der Waals surface area contributed by atoms with Gasteiger partial charge in [-0.2, -0.15) is 13.2 Å². The molecule has 2 rings (SSSR count). The number of allylic oxidation sites excluding steroid dienone is 2. The molecular formula is C17H12Cl2F3NO4. The molecule has 0 saturated carbocycles. The molecule has 0 bridgehead atoms. The Morgan fingerprint density at radius 3 is 2.04 bits per heavy atom. The van der Waals surface area contributed by atoms with Crippen molar-refractivity contribution in [2.75, 3.05) is 19.1 Å². The van der Waals surface area contributed by atoms with Crippen molar-refractivity contribution >= 4 is 40.8 Å². The Labute approximate surface area is 162 Å². The first-order valence-corrected chi connectivity index (χ1v) is 7.98. The fourth-order valence-electron chi connectivity index (χ4n) is 2.30. The van der Waals surface area contributed by atoms with Crippen LogP contribution >= 0.6 is 23.2 Å². The highest BCUT2D eigenvalue weighted by Crippen LogP contribution is 2.42. The molecule has 1 aliphatic heterocycles. The van der Waals surface area contributed by atoms with Crippen LogP contribution in [0.15, 0.2) is 47.8 Å². The number of ether oxygens (including phenoxy) is 2. The maximum Gasteiger partial charge on any atom is 0.416 e. The van der Waals surface area contributed by atoms with Gasteiger partial charge in [0.05, 0.1) is 41.1 Å². The molecule has 10 heteroatoms. The van der Waals surface area contributed by atoms with Crippen molar-refractivity contribution < 1.29 is 32.2 Å². The number of carbonyl (C=O) groups excluding carboxylic acids is 2. The average molecular weight is 422 g/mol. The van der Waals surface area contributed by atoms with Crippen LogP contribution in [0.2, 0.25) is 10.0 Å². The van der Waals surface area contributed by atoms with Crippen molar-refractivity contribution in [3.05, 3.63) is 63.4 Å². The molecule has 0 aromatic heterocycles. The van der Waals surface area contributed by atoms with E-state index in [2.05, 4.69) is 4.74 Å². The van der Waals surface area contributed by atoms with Crippen LogP contribution in [0.5, 0.6) is 0 Å². The Bertz CT molecular complexity index is 852. The SMILES string of the molecule is COC(=O)C1=C(C(=O)OC)N(c2c(Cl)cc(C(F)(F)F)cc2Cl)C=CC=C1. The molecule has 0 aliphatic carbocycles. The summed E-state index contributed by atoms with van der Waals surface area (Å²) in [6.45, 7) is 0. The monoisotopic (exact) mass is 421 g/mol. The number of hydrogen-bond donors (Lipinski definition) is 0. The van der Waals surface area contributed by atoms with E-state index in [1.54, 1.807) is 0 Å². The van der Waals surface area contributed by atoms with Gasteiger partial charge in [-0.25, -0.2) is 9.59 Å². The summed E-state index contributed by atoms with van der Waals surface area (Å²) in [5.74, 6) is -1.81. The van der Waals surface area contributed by atoms with E-state index in [0.717, 1.165) is 19.1 Å². The third-order valence-corrected chi connectivity index (χ3v) is 4.05. The number of anilines is 1. The number of methoxy groups -OCH3 is 2. The fraction of sp³-hybridized carbons (Fsp3) is 0.176. The first-order chi connectivity index (χ1) is 12.6. The molecule has 0 N–H and O–H groups in total. The van der Waals surface area contributed by atoms with Crippen LogP contribution in [0.3, 0.4) is 0 Å². The summed E-state index contributed by atoms with van der Waals surface area (Å²) < 4.78 is 48.2. The van der Waals surface area contributed by atoms with Gasteiger partial charge in [0.15, 0.2) is 0 Å². The Kier molecular flexibility index (Phi) is 6.22. The molecule has 1 aromatic rings. The van der Waals surface area contributed by atoms with Gasteiger partial charge in [-0.1, -0.05) is 29.3 Å². The fourth-order valence-corrected chi connectivity index (χ4v) is 2.97. The lowest BCUT2D eigenvalue weighted by Gasteiger charge is -2.25. The number of rotatable bonds is 3. The first kappa shape index (κ1) is 20.9. The maximum absolute atomic E-state index is 13.0. The standard InChI is InChI=1S/C17H12Cl2F3NO4/c1-26-15(24)10-5-3-4-6-23(13(10)16(25)27-2)14-11(18)7-9(8-12(14)19)17(20,21)22/h3-8H,1-2H3. The Morgan fingerprint density at radius 2 is 1.56 bits per heavy atom. The van der Waals surface area contributed by atoms with E-state index in [4.69, 9.17) is 27.9 Å². The molecule has 5 nitrogen and oxygen atoms in total. The minimum Gasteiger partial charge on any atom is -0.465 e. The van der Waals surface area contributed by atoms with Crippen LogP contribution in [0, 0.1) is 0 Å². The summed E-state index contributed by atoms with van der Waals surface area (Å²) in [7, 11) is 2.19. The van der Waals surface area contributed by atoms with Crippen LogP contribution in [-0.4, -0.2) is 26.2 Å². The summed E-state index contributed by atoms with van der Waals surface area (Å²) in [6, 6.07) is 1.34. The molecule has 1 heterocycles. The normalized spacial score (nSPS) is 14.3. The highest BCUT2D eigenvalue weighted by molar-refractivity contribution is 6.39. The Hall–Kier alpha value is -2.45. The van der Waals surface area contributed by atoms with Crippen LogP contribution in [-0.2, 0) is 25.2 Å². The molecule has 0 unspecified atom stereocenters. The topological polar surface area (TPSA) is 55.8 Å². The molecular weight excluding hydrogens is 410 g/mol. The summed E-state index contributed by atoms with van der Waals surface area (Å²) >= 11 is 12.1. The van der Waals surface area contributed by atoms with Gasteiger partial charge in [0.25, 0.3) is 0 Å². The van der Waals surface area contributed by atoms with E-state index in [-0.39, 0.29) is 27.0 Å². The van der Waals surface area contributed by atoms with Gasteiger partial charge in [0.1, 0.15) is 5.70 Å². The molecule has 27 heavy (non-hydrogen) atoms. The molecule has 1 aliphatic rings. The van der Waals surface area contributed by atoms with E-state index in [0.29, 0.717) is 12.1 Å².